The van der Waals surface area contributed by atoms with Crippen LogP contribution in [0.5, 0.6) is 0 Å². The minimum absolute atomic E-state index is 0.0924. The van der Waals surface area contributed by atoms with E-state index in [2.05, 4.69) is 5.10 Å². The molecule has 0 bridgehead atoms. The molecule has 0 aromatic carbocycles. The van der Waals surface area contributed by atoms with Crippen molar-refractivity contribution < 1.29 is 4.92 Å². The van der Waals surface area contributed by atoms with Gasteiger partial charge in [0.1, 0.15) is 6.20 Å². The summed E-state index contributed by atoms with van der Waals surface area (Å²) < 4.78 is 1.50. The van der Waals surface area contributed by atoms with Gasteiger partial charge in [0.15, 0.2) is 0 Å². The molecule has 1 aromatic rings. The summed E-state index contributed by atoms with van der Waals surface area (Å²) in [5.41, 5.74) is 5.65. The van der Waals surface area contributed by atoms with Crippen molar-refractivity contribution in [2.45, 2.75) is 19.3 Å². The van der Waals surface area contributed by atoms with Crippen molar-refractivity contribution in [3.05, 3.63) is 16.3 Å². The predicted molar refractivity (Wildman–Crippen MR) is 68.5 cm³/mol. The summed E-state index contributed by atoms with van der Waals surface area (Å²) in [5, 5.41) is 15.2. The van der Waals surface area contributed by atoms with Crippen molar-refractivity contribution >= 4 is 11.5 Å². The van der Waals surface area contributed by atoms with Crippen LogP contribution < -0.4 is 10.6 Å². The van der Waals surface area contributed by atoms with Crippen molar-refractivity contribution in [2.75, 3.05) is 24.5 Å². The number of hydrogen-bond acceptors (Lipinski definition) is 5. The van der Waals surface area contributed by atoms with E-state index in [9.17, 15) is 10.1 Å². The number of nitrogens with two attached hydrogens (primary N) is 1. The van der Waals surface area contributed by atoms with E-state index >= 15 is 0 Å². The van der Waals surface area contributed by atoms with Crippen LogP contribution in [-0.2, 0) is 7.05 Å². The smallest absolute Gasteiger partial charge is 0.330 e. The fourth-order valence-corrected chi connectivity index (χ4v) is 2.49. The molecule has 0 radical (unpaired) electrons. The summed E-state index contributed by atoms with van der Waals surface area (Å²) in [6.45, 7) is 2.36. The van der Waals surface area contributed by atoms with Crippen LogP contribution in [0.15, 0.2) is 6.20 Å². The molecule has 0 unspecified atom stereocenters. The molecule has 1 aromatic heterocycles. The zero-order valence-corrected chi connectivity index (χ0v) is 10.6. The third-order valence-electron chi connectivity index (χ3n) is 3.48. The zero-order valence-electron chi connectivity index (χ0n) is 10.6. The van der Waals surface area contributed by atoms with E-state index in [-0.39, 0.29) is 10.6 Å². The standard InChI is InChI=1S/C11H19N5O2/c1-14-8-10(16(17)18)11(13-14)15-6-3-9(2-5-12)4-7-15/h8-9H,2-7,12H2,1H3. The van der Waals surface area contributed by atoms with Crippen LogP contribution in [0.3, 0.4) is 0 Å². The van der Waals surface area contributed by atoms with Crippen molar-refractivity contribution in [1.82, 2.24) is 9.78 Å². The minimum atomic E-state index is -0.367. The molecule has 0 amide bonds. The second-order valence-electron chi connectivity index (χ2n) is 4.78. The predicted octanol–water partition coefficient (Wildman–Crippen LogP) is 0.893. The molecule has 1 aliphatic heterocycles. The van der Waals surface area contributed by atoms with E-state index in [0.29, 0.717) is 18.3 Å². The Balaban J connectivity index is 2.07. The minimum Gasteiger partial charge on any atom is -0.349 e. The molecule has 0 atom stereocenters. The first kappa shape index (κ1) is 12.8. The summed E-state index contributed by atoms with van der Waals surface area (Å²) in [6, 6.07) is 0. The molecule has 2 rings (SSSR count). The van der Waals surface area contributed by atoms with Gasteiger partial charge in [-0.1, -0.05) is 0 Å². The quantitative estimate of drug-likeness (QED) is 0.635. The summed E-state index contributed by atoms with van der Waals surface area (Å²) in [7, 11) is 1.71. The van der Waals surface area contributed by atoms with Gasteiger partial charge in [-0.2, -0.15) is 0 Å². The first-order valence-electron chi connectivity index (χ1n) is 6.25. The van der Waals surface area contributed by atoms with Gasteiger partial charge in [0.25, 0.3) is 0 Å². The van der Waals surface area contributed by atoms with Gasteiger partial charge in [-0.3, -0.25) is 14.8 Å². The van der Waals surface area contributed by atoms with Crippen LogP contribution in [0.2, 0.25) is 0 Å². The van der Waals surface area contributed by atoms with Gasteiger partial charge in [-0.25, -0.2) is 0 Å². The Hall–Kier alpha value is -1.63. The Kier molecular flexibility index (Phi) is 3.81. The number of nitrogens with zero attached hydrogens (tertiary/aromatic N) is 4. The van der Waals surface area contributed by atoms with Crippen LogP contribution in [-0.4, -0.2) is 34.3 Å². The maximum Gasteiger partial charge on any atom is 0.330 e. The van der Waals surface area contributed by atoms with Gasteiger partial charge >= 0.3 is 5.69 Å². The highest BCUT2D eigenvalue weighted by Crippen LogP contribution is 2.30. The Bertz CT molecular complexity index is 423. The van der Waals surface area contributed by atoms with Crippen molar-refractivity contribution in [1.29, 1.82) is 0 Å². The first-order valence-corrected chi connectivity index (χ1v) is 6.25. The molecule has 1 aliphatic rings. The average molecular weight is 253 g/mol. The summed E-state index contributed by atoms with van der Waals surface area (Å²) in [4.78, 5) is 12.6. The lowest BCUT2D eigenvalue weighted by molar-refractivity contribution is -0.384. The topological polar surface area (TPSA) is 90.2 Å². The van der Waals surface area contributed by atoms with Gasteiger partial charge in [0, 0.05) is 20.1 Å². The molecule has 0 spiro atoms. The number of hydrogen-bond donors (Lipinski definition) is 1. The van der Waals surface area contributed by atoms with Crippen LogP contribution in [0.25, 0.3) is 0 Å². The van der Waals surface area contributed by atoms with E-state index in [1.807, 2.05) is 4.90 Å². The van der Waals surface area contributed by atoms with Gasteiger partial charge < -0.3 is 10.6 Å². The molecule has 7 heteroatoms. The highest BCUT2D eigenvalue weighted by atomic mass is 16.6. The lowest BCUT2D eigenvalue weighted by Gasteiger charge is -2.31. The van der Waals surface area contributed by atoms with Gasteiger partial charge in [-0.05, 0) is 31.7 Å². The molecule has 2 N–H and O–H groups in total. The lowest BCUT2D eigenvalue weighted by atomic mass is 9.94. The second kappa shape index (κ2) is 5.34. The Morgan fingerprint density at radius 2 is 2.22 bits per heavy atom. The highest BCUT2D eigenvalue weighted by Gasteiger charge is 2.27. The number of anilines is 1. The summed E-state index contributed by atoms with van der Waals surface area (Å²) >= 11 is 0. The number of nitro groups is 1. The zero-order chi connectivity index (χ0) is 13.1. The second-order valence-corrected chi connectivity index (χ2v) is 4.78. The molecular formula is C11H19N5O2. The maximum atomic E-state index is 11.0. The summed E-state index contributed by atoms with van der Waals surface area (Å²) in [6.07, 6.45) is 4.56. The SMILES string of the molecule is Cn1cc([N+](=O)[O-])c(N2CCC(CCN)CC2)n1. The lowest BCUT2D eigenvalue weighted by Crippen LogP contribution is -2.35. The molecule has 100 valence electrons. The van der Waals surface area contributed by atoms with Gasteiger partial charge in [-0.15, -0.1) is 5.10 Å². The van der Waals surface area contributed by atoms with Crippen molar-refractivity contribution in [3.8, 4) is 0 Å². The molecule has 7 nitrogen and oxygen atoms in total. The Morgan fingerprint density at radius 1 is 1.56 bits per heavy atom. The first-order chi connectivity index (χ1) is 8.61. The van der Waals surface area contributed by atoms with E-state index in [1.54, 1.807) is 7.05 Å². The van der Waals surface area contributed by atoms with Crippen LogP contribution in [0.1, 0.15) is 19.3 Å². The van der Waals surface area contributed by atoms with E-state index in [4.69, 9.17) is 5.73 Å². The maximum absolute atomic E-state index is 11.0. The van der Waals surface area contributed by atoms with Gasteiger partial charge in [0.2, 0.25) is 5.82 Å². The third kappa shape index (κ3) is 2.61. The van der Waals surface area contributed by atoms with Crippen LogP contribution in [0.4, 0.5) is 11.5 Å². The fraction of sp³-hybridized carbons (Fsp3) is 0.727. The largest absolute Gasteiger partial charge is 0.349 e. The molecule has 0 saturated carbocycles. The third-order valence-corrected chi connectivity index (χ3v) is 3.48. The normalized spacial score (nSPS) is 17.1. The molecule has 18 heavy (non-hydrogen) atoms. The van der Waals surface area contributed by atoms with E-state index in [0.717, 1.165) is 32.4 Å². The number of aromatic nitrogens is 2. The Labute approximate surface area is 106 Å². The molecule has 2 heterocycles. The number of piperidine rings is 1. The molecular weight excluding hydrogens is 234 g/mol. The Morgan fingerprint density at radius 3 is 2.78 bits per heavy atom. The monoisotopic (exact) mass is 253 g/mol. The van der Waals surface area contributed by atoms with E-state index in [1.165, 1.54) is 10.9 Å². The van der Waals surface area contributed by atoms with Crippen molar-refractivity contribution in [3.63, 3.8) is 0 Å². The average Bonchev–Trinajstić information content (AvgIpc) is 2.73. The highest BCUT2D eigenvalue weighted by molar-refractivity contribution is 5.56. The molecule has 0 aliphatic carbocycles. The molecule has 1 fully saturated rings. The van der Waals surface area contributed by atoms with Gasteiger partial charge in [0.05, 0.1) is 4.92 Å². The molecule has 1 saturated heterocycles. The number of aryl methyl sites for hydroxylation is 1. The van der Waals surface area contributed by atoms with Crippen LogP contribution in [0, 0.1) is 16.0 Å². The van der Waals surface area contributed by atoms with E-state index < -0.39 is 0 Å². The fourth-order valence-electron chi connectivity index (χ4n) is 2.49. The van der Waals surface area contributed by atoms with Crippen LogP contribution >= 0.6 is 0 Å². The summed E-state index contributed by atoms with van der Waals surface area (Å²) in [5.74, 6) is 1.14. The van der Waals surface area contributed by atoms with Crippen molar-refractivity contribution in [2.24, 2.45) is 18.7 Å². The number of rotatable bonds is 4.